The average molecular weight is 296 g/mol. The van der Waals surface area contributed by atoms with Crippen LogP contribution in [0.4, 0.5) is 5.69 Å². The third-order valence-corrected chi connectivity index (χ3v) is 2.67. The van der Waals surface area contributed by atoms with Crippen molar-refractivity contribution in [2.24, 2.45) is 4.99 Å². The Kier molecular flexibility index (Phi) is 3.90. The number of hydrogen-bond donors (Lipinski definition) is 3. The van der Waals surface area contributed by atoms with Crippen molar-refractivity contribution in [2.45, 2.75) is 0 Å². The Morgan fingerprint density at radius 3 is 2.75 bits per heavy atom. The van der Waals surface area contributed by atoms with Crippen LogP contribution in [0.15, 0.2) is 32.8 Å². The predicted octanol–water partition coefficient (Wildman–Crippen LogP) is 1.18. The fourth-order valence-electron chi connectivity index (χ4n) is 1.50. The molecule has 1 aromatic carbocycles. The van der Waals surface area contributed by atoms with Crippen LogP contribution in [0.5, 0.6) is 11.6 Å². The number of halogens is 1. The van der Waals surface area contributed by atoms with Gasteiger partial charge in [-0.3, -0.25) is 19.8 Å². The minimum atomic E-state index is -0.797. The fraction of sp³-hybridized carbons (Fsp3) is 0.0833. The Morgan fingerprint density at radius 1 is 1.35 bits per heavy atom. The first-order valence-corrected chi connectivity index (χ1v) is 5.82. The molecule has 104 valence electrons. The van der Waals surface area contributed by atoms with Crippen LogP contribution >= 0.6 is 11.6 Å². The average Bonchev–Trinajstić information content (AvgIpc) is 2.38. The van der Waals surface area contributed by atoms with Gasteiger partial charge in [0.05, 0.1) is 7.11 Å². The van der Waals surface area contributed by atoms with Crippen molar-refractivity contribution in [3.05, 3.63) is 49.6 Å². The molecule has 1 aromatic heterocycles. The summed E-state index contributed by atoms with van der Waals surface area (Å²) in [5, 5.41) is 9.98. The summed E-state index contributed by atoms with van der Waals surface area (Å²) >= 11 is 5.81. The van der Waals surface area contributed by atoms with Gasteiger partial charge in [0.2, 0.25) is 5.88 Å². The number of H-pyrrole nitrogens is 2. The lowest BCUT2D eigenvalue weighted by molar-refractivity contribution is 0.416. The molecular weight excluding hydrogens is 286 g/mol. The Bertz CT molecular complexity index is 779. The van der Waals surface area contributed by atoms with Gasteiger partial charge in [-0.2, -0.15) is 0 Å². The molecule has 1 heterocycles. The molecule has 0 fully saturated rings. The maximum Gasteiger partial charge on any atom is 0.328 e. The van der Waals surface area contributed by atoms with E-state index >= 15 is 0 Å². The molecule has 3 N–H and O–H groups in total. The molecule has 8 heteroatoms. The monoisotopic (exact) mass is 295 g/mol. The highest BCUT2D eigenvalue weighted by Gasteiger charge is 2.07. The highest BCUT2D eigenvalue weighted by atomic mass is 35.5. The number of ether oxygens (including phenoxy) is 1. The van der Waals surface area contributed by atoms with Crippen molar-refractivity contribution in [3.63, 3.8) is 0 Å². The van der Waals surface area contributed by atoms with Gasteiger partial charge in [-0.15, -0.1) is 0 Å². The summed E-state index contributed by atoms with van der Waals surface area (Å²) in [6.07, 6.45) is 1.12. The van der Waals surface area contributed by atoms with Gasteiger partial charge in [0.25, 0.3) is 5.56 Å². The molecular formula is C12H10ClN3O4. The van der Waals surface area contributed by atoms with Gasteiger partial charge in [0.1, 0.15) is 17.0 Å². The molecule has 0 aliphatic rings. The number of benzene rings is 1. The van der Waals surface area contributed by atoms with Gasteiger partial charge in [0, 0.05) is 17.3 Å². The third kappa shape index (κ3) is 2.89. The molecule has 7 nitrogen and oxygen atoms in total. The van der Waals surface area contributed by atoms with Gasteiger partial charge >= 0.3 is 5.69 Å². The van der Waals surface area contributed by atoms with E-state index in [2.05, 4.69) is 9.98 Å². The van der Waals surface area contributed by atoms with E-state index in [1.54, 1.807) is 18.2 Å². The van der Waals surface area contributed by atoms with Crippen molar-refractivity contribution in [1.29, 1.82) is 0 Å². The number of aromatic amines is 2. The lowest BCUT2D eigenvalue weighted by atomic mass is 10.3. The molecule has 0 saturated carbocycles. The van der Waals surface area contributed by atoms with E-state index in [0.717, 1.165) is 6.21 Å². The number of nitrogens with one attached hydrogen (secondary N) is 2. The number of rotatable bonds is 3. The standard InChI is InChI=1S/C12H10ClN3O4/c1-20-9-4-6(13)2-3-8(9)14-5-7-10(17)15-12(19)16-11(7)18/h2-5H,1H3,(H3,15,16,17,18,19). The van der Waals surface area contributed by atoms with Crippen molar-refractivity contribution >= 4 is 23.5 Å². The second-order valence-corrected chi connectivity index (χ2v) is 4.18. The van der Waals surface area contributed by atoms with Crippen molar-refractivity contribution < 1.29 is 9.84 Å². The molecule has 0 saturated heterocycles. The maximum absolute atomic E-state index is 11.5. The molecule has 2 rings (SSSR count). The maximum atomic E-state index is 11.5. The fourth-order valence-corrected chi connectivity index (χ4v) is 1.66. The highest BCUT2D eigenvalue weighted by molar-refractivity contribution is 6.30. The van der Waals surface area contributed by atoms with Crippen molar-refractivity contribution in [3.8, 4) is 11.6 Å². The Morgan fingerprint density at radius 2 is 2.10 bits per heavy atom. The van der Waals surface area contributed by atoms with E-state index in [-0.39, 0.29) is 5.56 Å². The van der Waals surface area contributed by atoms with Gasteiger partial charge < -0.3 is 9.84 Å². The summed E-state index contributed by atoms with van der Waals surface area (Å²) in [6, 6.07) is 4.76. The minimum Gasteiger partial charge on any atom is -0.494 e. The molecule has 20 heavy (non-hydrogen) atoms. The summed E-state index contributed by atoms with van der Waals surface area (Å²) < 4.78 is 5.09. The quantitative estimate of drug-likeness (QED) is 0.739. The van der Waals surface area contributed by atoms with E-state index in [0.29, 0.717) is 16.5 Å². The first kappa shape index (κ1) is 13.9. The van der Waals surface area contributed by atoms with Crippen LogP contribution in [-0.4, -0.2) is 28.4 Å². The molecule has 0 bridgehead atoms. The number of aromatic nitrogens is 2. The highest BCUT2D eigenvalue weighted by Crippen LogP contribution is 2.30. The normalized spacial score (nSPS) is 10.9. The summed E-state index contributed by atoms with van der Waals surface area (Å²) in [6.45, 7) is 0. The van der Waals surface area contributed by atoms with Crippen LogP contribution in [0.2, 0.25) is 5.02 Å². The van der Waals surface area contributed by atoms with Gasteiger partial charge in [-0.25, -0.2) is 4.79 Å². The number of aliphatic imine (C=N–C) groups is 1. The molecule has 0 atom stereocenters. The van der Waals surface area contributed by atoms with Crippen LogP contribution < -0.4 is 16.0 Å². The number of hydrogen-bond acceptors (Lipinski definition) is 5. The van der Waals surface area contributed by atoms with E-state index in [1.807, 2.05) is 4.98 Å². The second kappa shape index (κ2) is 5.62. The zero-order chi connectivity index (χ0) is 14.7. The van der Waals surface area contributed by atoms with Gasteiger partial charge in [-0.1, -0.05) is 11.6 Å². The summed E-state index contributed by atoms with van der Waals surface area (Å²) in [7, 11) is 1.45. The zero-order valence-corrected chi connectivity index (χ0v) is 11.1. The van der Waals surface area contributed by atoms with Crippen LogP contribution in [0, 0.1) is 0 Å². The van der Waals surface area contributed by atoms with Crippen LogP contribution in [0.1, 0.15) is 5.56 Å². The zero-order valence-electron chi connectivity index (χ0n) is 10.3. The van der Waals surface area contributed by atoms with E-state index in [9.17, 15) is 14.7 Å². The molecule has 0 aliphatic heterocycles. The summed E-state index contributed by atoms with van der Waals surface area (Å²) in [5.74, 6) is -0.149. The number of methoxy groups -OCH3 is 1. The van der Waals surface area contributed by atoms with E-state index in [4.69, 9.17) is 16.3 Å². The van der Waals surface area contributed by atoms with Crippen molar-refractivity contribution in [1.82, 2.24) is 9.97 Å². The topological polar surface area (TPSA) is 108 Å². The van der Waals surface area contributed by atoms with E-state index in [1.165, 1.54) is 7.11 Å². The van der Waals surface area contributed by atoms with Crippen molar-refractivity contribution in [2.75, 3.05) is 7.11 Å². The largest absolute Gasteiger partial charge is 0.494 e. The smallest absolute Gasteiger partial charge is 0.328 e. The Balaban J connectivity index is 2.45. The lowest BCUT2D eigenvalue weighted by Crippen LogP contribution is -2.24. The second-order valence-electron chi connectivity index (χ2n) is 3.74. The first-order valence-electron chi connectivity index (χ1n) is 5.44. The molecule has 0 amide bonds. The summed E-state index contributed by atoms with van der Waals surface area (Å²) in [5.41, 5.74) is -1.29. The Labute approximate surface area is 117 Å². The molecule has 2 aromatic rings. The Hall–Kier alpha value is -2.54. The summed E-state index contributed by atoms with van der Waals surface area (Å²) in [4.78, 5) is 30.5. The number of aromatic hydroxyl groups is 1. The molecule has 0 unspecified atom stereocenters. The first-order chi connectivity index (χ1) is 9.51. The molecule has 0 spiro atoms. The van der Waals surface area contributed by atoms with Crippen LogP contribution in [0.25, 0.3) is 0 Å². The lowest BCUT2D eigenvalue weighted by Gasteiger charge is -2.04. The van der Waals surface area contributed by atoms with Crippen LogP contribution in [0.3, 0.4) is 0 Å². The van der Waals surface area contributed by atoms with Gasteiger partial charge in [-0.05, 0) is 12.1 Å². The van der Waals surface area contributed by atoms with E-state index < -0.39 is 17.1 Å². The molecule has 0 aliphatic carbocycles. The minimum absolute atomic E-state index is 0.165. The third-order valence-electron chi connectivity index (χ3n) is 2.43. The number of nitrogens with zero attached hydrogens (tertiary/aromatic N) is 1. The SMILES string of the molecule is COc1cc(Cl)ccc1N=Cc1c(O)[nH]c(=O)[nH]c1=O. The van der Waals surface area contributed by atoms with Crippen LogP contribution in [-0.2, 0) is 0 Å². The predicted molar refractivity (Wildman–Crippen MR) is 74.6 cm³/mol. The molecule has 0 radical (unpaired) electrons. The van der Waals surface area contributed by atoms with Gasteiger partial charge in [0.15, 0.2) is 0 Å².